The van der Waals surface area contributed by atoms with Crippen molar-refractivity contribution in [1.82, 2.24) is 4.98 Å². The number of halogens is 2. The van der Waals surface area contributed by atoms with Gasteiger partial charge in [0.1, 0.15) is 17.3 Å². The Balaban J connectivity index is 2.17. The zero-order valence-corrected chi connectivity index (χ0v) is 11.9. The van der Waals surface area contributed by atoms with Crippen LogP contribution >= 0.6 is 27.5 Å². The van der Waals surface area contributed by atoms with Crippen molar-refractivity contribution in [3.05, 3.63) is 45.4 Å². The molecule has 17 heavy (non-hydrogen) atoms. The predicted octanol–water partition coefficient (Wildman–Crippen LogP) is 4.04. The fraction of sp³-hybridized carbons (Fsp3) is 0.250. The van der Waals surface area contributed by atoms with Crippen LogP contribution in [0.25, 0.3) is 0 Å². The first-order chi connectivity index (χ1) is 8.06. The van der Waals surface area contributed by atoms with Crippen LogP contribution in [-0.4, -0.2) is 12.0 Å². The van der Waals surface area contributed by atoms with E-state index >= 15 is 0 Å². The van der Waals surface area contributed by atoms with Crippen LogP contribution < -0.4 is 4.90 Å². The van der Waals surface area contributed by atoms with Gasteiger partial charge in [-0.3, -0.25) is 0 Å². The molecule has 2 aromatic heterocycles. The standard InChI is InChI=1S/C12H12BrClN2O/c1-8-3-4-10(17-8)7-16(2)12-11(14)5-9(13)6-15-12/h3-6H,7H2,1-2H3. The van der Waals surface area contributed by atoms with Crippen molar-refractivity contribution < 1.29 is 4.42 Å². The number of anilines is 1. The van der Waals surface area contributed by atoms with E-state index in [0.29, 0.717) is 11.6 Å². The van der Waals surface area contributed by atoms with Gasteiger partial charge in [-0.2, -0.15) is 0 Å². The van der Waals surface area contributed by atoms with Crippen molar-refractivity contribution in [1.29, 1.82) is 0 Å². The molecule has 0 aliphatic heterocycles. The van der Waals surface area contributed by atoms with Crippen LogP contribution in [0.2, 0.25) is 5.02 Å². The summed E-state index contributed by atoms with van der Waals surface area (Å²) in [5.41, 5.74) is 0. The van der Waals surface area contributed by atoms with Gasteiger partial charge in [0.2, 0.25) is 0 Å². The van der Waals surface area contributed by atoms with Gasteiger partial charge in [-0.15, -0.1) is 0 Å². The molecule has 5 heteroatoms. The summed E-state index contributed by atoms with van der Waals surface area (Å²) in [6.07, 6.45) is 1.73. The second-order valence-electron chi connectivity index (χ2n) is 3.83. The van der Waals surface area contributed by atoms with Gasteiger partial charge in [-0.1, -0.05) is 11.6 Å². The first-order valence-corrected chi connectivity index (χ1v) is 6.31. The summed E-state index contributed by atoms with van der Waals surface area (Å²) in [4.78, 5) is 6.24. The molecule has 0 radical (unpaired) electrons. The first kappa shape index (κ1) is 12.5. The second-order valence-corrected chi connectivity index (χ2v) is 5.15. The summed E-state index contributed by atoms with van der Waals surface area (Å²) in [6.45, 7) is 2.57. The van der Waals surface area contributed by atoms with Crippen molar-refractivity contribution in [3.8, 4) is 0 Å². The monoisotopic (exact) mass is 314 g/mol. The van der Waals surface area contributed by atoms with E-state index in [1.807, 2.05) is 37.1 Å². The highest BCUT2D eigenvalue weighted by atomic mass is 79.9. The molecule has 90 valence electrons. The maximum absolute atomic E-state index is 6.13. The minimum absolute atomic E-state index is 0.616. The van der Waals surface area contributed by atoms with Crippen LogP contribution in [0.3, 0.4) is 0 Å². The molecule has 2 rings (SSSR count). The van der Waals surface area contributed by atoms with E-state index in [2.05, 4.69) is 20.9 Å². The molecule has 0 fully saturated rings. The fourth-order valence-electron chi connectivity index (χ4n) is 1.57. The van der Waals surface area contributed by atoms with Crippen LogP contribution in [-0.2, 0) is 6.54 Å². The summed E-state index contributed by atoms with van der Waals surface area (Å²) in [5.74, 6) is 2.54. The Morgan fingerprint density at radius 3 is 2.82 bits per heavy atom. The van der Waals surface area contributed by atoms with Gasteiger partial charge in [0.05, 0.1) is 11.6 Å². The van der Waals surface area contributed by atoms with Crippen LogP contribution in [0.5, 0.6) is 0 Å². The summed E-state index contributed by atoms with van der Waals surface area (Å²) in [5, 5.41) is 0.616. The fourth-order valence-corrected chi connectivity index (χ4v) is 2.34. The molecule has 0 aliphatic rings. The molecule has 0 saturated carbocycles. The van der Waals surface area contributed by atoms with Crippen molar-refractivity contribution in [3.63, 3.8) is 0 Å². The largest absolute Gasteiger partial charge is 0.464 e. The van der Waals surface area contributed by atoms with Crippen LogP contribution in [0.15, 0.2) is 33.3 Å². The smallest absolute Gasteiger partial charge is 0.147 e. The number of aryl methyl sites for hydroxylation is 1. The van der Waals surface area contributed by atoms with E-state index < -0.39 is 0 Å². The number of hydrogen-bond donors (Lipinski definition) is 0. The molecule has 0 spiro atoms. The van der Waals surface area contributed by atoms with E-state index in [-0.39, 0.29) is 0 Å². The van der Waals surface area contributed by atoms with Crippen molar-refractivity contribution in [2.24, 2.45) is 0 Å². The first-order valence-electron chi connectivity index (χ1n) is 5.14. The van der Waals surface area contributed by atoms with Gasteiger partial charge in [0.25, 0.3) is 0 Å². The number of pyridine rings is 1. The van der Waals surface area contributed by atoms with Gasteiger partial charge >= 0.3 is 0 Å². The highest BCUT2D eigenvalue weighted by Crippen LogP contribution is 2.26. The lowest BCUT2D eigenvalue weighted by Crippen LogP contribution is -2.17. The average molecular weight is 316 g/mol. The van der Waals surface area contributed by atoms with Gasteiger partial charge in [-0.05, 0) is 41.1 Å². The highest BCUT2D eigenvalue weighted by Gasteiger charge is 2.10. The Hall–Kier alpha value is -1.00. The third-order valence-electron chi connectivity index (χ3n) is 2.34. The van der Waals surface area contributed by atoms with Gasteiger partial charge in [0, 0.05) is 17.7 Å². The van der Waals surface area contributed by atoms with E-state index in [0.717, 1.165) is 21.8 Å². The van der Waals surface area contributed by atoms with Gasteiger partial charge < -0.3 is 9.32 Å². The molecular formula is C12H12BrClN2O. The quantitative estimate of drug-likeness (QED) is 0.856. The van der Waals surface area contributed by atoms with Crippen LogP contribution in [0.1, 0.15) is 11.5 Å². The van der Waals surface area contributed by atoms with E-state index in [9.17, 15) is 0 Å². The number of nitrogens with zero attached hydrogens (tertiary/aromatic N) is 2. The Morgan fingerprint density at radius 1 is 1.47 bits per heavy atom. The molecule has 0 aromatic carbocycles. The minimum atomic E-state index is 0.616. The summed E-state index contributed by atoms with van der Waals surface area (Å²) >= 11 is 9.46. The molecule has 0 aliphatic carbocycles. The Kier molecular flexibility index (Phi) is 3.74. The third kappa shape index (κ3) is 3.01. The lowest BCUT2D eigenvalue weighted by atomic mass is 10.4. The molecule has 2 aromatic rings. The van der Waals surface area contributed by atoms with E-state index in [4.69, 9.17) is 16.0 Å². The van der Waals surface area contributed by atoms with E-state index in [1.165, 1.54) is 0 Å². The number of furan rings is 1. The molecule has 0 saturated heterocycles. The maximum Gasteiger partial charge on any atom is 0.147 e. The SMILES string of the molecule is Cc1ccc(CN(C)c2ncc(Br)cc2Cl)o1. The zero-order chi connectivity index (χ0) is 12.4. The highest BCUT2D eigenvalue weighted by molar-refractivity contribution is 9.10. The molecule has 0 bridgehead atoms. The molecule has 0 unspecified atom stereocenters. The number of hydrogen-bond acceptors (Lipinski definition) is 3. The third-order valence-corrected chi connectivity index (χ3v) is 3.05. The van der Waals surface area contributed by atoms with Crippen molar-refractivity contribution in [2.45, 2.75) is 13.5 Å². The molecule has 0 N–H and O–H groups in total. The van der Waals surface area contributed by atoms with Gasteiger partial charge in [-0.25, -0.2) is 4.98 Å². The average Bonchev–Trinajstić information content (AvgIpc) is 2.63. The molecule has 2 heterocycles. The molecule has 0 amide bonds. The topological polar surface area (TPSA) is 29.3 Å². The summed E-state index contributed by atoms with van der Waals surface area (Å²) in [6, 6.07) is 5.73. The number of rotatable bonds is 3. The molecular weight excluding hydrogens is 304 g/mol. The van der Waals surface area contributed by atoms with Crippen LogP contribution in [0.4, 0.5) is 5.82 Å². The van der Waals surface area contributed by atoms with Gasteiger partial charge in [0.15, 0.2) is 0 Å². The number of aromatic nitrogens is 1. The Bertz CT molecular complexity index is 527. The van der Waals surface area contributed by atoms with E-state index in [1.54, 1.807) is 6.20 Å². The lowest BCUT2D eigenvalue weighted by molar-refractivity contribution is 0.481. The Labute approximate surface area is 114 Å². The van der Waals surface area contributed by atoms with Crippen molar-refractivity contribution in [2.75, 3.05) is 11.9 Å². The predicted molar refractivity (Wildman–Crippen MR) is 72.5 cm³/mol. The summed E-state index contributed by atoms with van der Waals surface area (Å²) in [7, 11) is 1.93. The Morgan fingerprint density at radius 2 is 2.24 bits per heavy atom. The van der Waals surface area contributed by atoms with Crippen molar-refractivity contribution >= 4 is 33.3 Å². The molecule has 0 atom stereocenters. The minimum Gasteiger partial charge on any atom is -0.464 e. The van der Waals surface area contributed by atoms with Crippen LogP contribution in [0, 0.1) is 6.92 Å². The second kappa shape index (κ2) is 5.10. The molecule has 3 nitrogen and oxygen atoms in total. The lowest BCUT2D eigenvalue weighted by Gasteiger charge is -2.17. The maximum atomic E-state index is 6.13. The summed E-state index contributed by atoms with van der Waals surface area (Å²) < 4.78 is 6.39. The normalized spacial score (nSPS) is 10.6. The zero-order valence-electron chi connectivity index (χ0n) is 9.58.